The first-order valence-corrected chi connectivity index (χ1v) is 9.35. The molecule has 0 N–H and O–H groups in total. The Morgan fingerprint density at radius 2 is 1.28 bits per heavy atom. The first-order chi connectivity index (χ1) is 14.1. The molecule has 1 nitrogen and oxygen atoms in total. The molecule has 0 aliphatic heterocycles. The van der Waals surface area contributed by atoms with Gasteiger partial charge in [0.1, 0.15) is 11.9 Å². The van der Waals surface area contributed by atoms with Gasteiger partial charge in [0.15, 0.2) is 0 Å². The molecule has 0 amide bonds. The van der Waals surface area contributed by atoms with Crippen molar-refractivity contribution in [1.29, 1.82) is 0 Å². The van der Waals surface area contributed by atoms with Crippen LogP contribution in [0.15, 0.2) is 91.0 Å². The Morgan fingerprint density at radius 3 is 1.93 bits per heavy atom. The van der Waals surface area contributed by atoms with Crippen molar-refractivity contribution in [3.05, 3.63) is 102 Å². The van der Waals surface area contributed by atoms with Crippen LogP contribution in [0.2, 0.25) is 0 Å². The standard InChI is InChI=1S/C25H19F3O/c26-24(22-10-9-18-3-1-2-4-21(18)16-22)15-17-5-7-19(8-6-17)20-11-13-23(14-12-20)29-25(27)28/h1-14,16,24-25H,15H2. The smallest absolute Gasteiger partial charge is 0.387 e. The Balaban J connectivity index is 1.45. The van der Waals surface area contributed by atoms with Gasteiger partial charge in [-0.1, -0.05) is 72.8 Å². The maximum atomic E-state index is 14.8. The lowest BCUT2D eigenvalue weighted by Gasteiger charge is -2.11. The Kier molecular flexibility index (Phi) is 5.52. The summed E-state index contributed by atoms with van der Waals surface area (Å²) in [6.45, 7) is -2.84. The molecule has 146 valence electrons. The van der Waals surface area contributed by atoms with E-state index in [2.05, 4.69) is 4.74 Å². The average molecular weight is 392 g/mol. The zero-order chi connectivity index (χ0) is 20.2. The second-order valence-electron chi connectivity index (χ2n) is 6.88. The molecule has 0 saturated heterocycles. The van der Waals surface area contributed by atoms with Gasteiger partial charge in [-0.25, -0.2) is 4.39 Å². The van der Waals surface area contributed by atoms with E-state index in [1.54, 1.807) is 12.1 Å². The lowest BCUT2D eigenvalue weighted by Crippen LogP contribution is -2.01. The number of rotatable bonds is 6. The molecule has 0 aromatic heterocycles. The van der Waals surface area contributed by atoms with Crippen LogP contribution in [0, 0.1) is 0 Å². The molecular formula is C25H19F3O. The topological polar surface area (TPSA) is 9.23 Å². The molecule has 4 aromatic carbocycles. The van der Waals surface area contributed by atoms with Crippen molar-refractivity contribution >= 4 is 10.8 Å². The first kappa shape index (κ1) is 19.1. The lowest BCUT2D eigenvalue weighted by atomic mass is 9.98. The molecule has 29 heavy (non-hydrogen) atoms. The summed E-state index contributed by atoms with van der Waals surface area (Å²) < 4.78 is 43.7. The maximum Gasteiger partial charge on any atom is 0.387 e. The number of hydrogen-bond donors (Lipinski definition) is 0. The molecule has 0 radical (unpaired) electrons. The minimum Gasteiger partial charge on any atom is -0.435 e. The highest BCUT2D eigenvalue weighted by Crippen LogP contribution is 2.28. The number of hydrogen-bond acceptors (Lipinski definition) is 1. The molecule has 0 heterocycles. The number of halogens is 3. The van der Waals surface area contributed by atoms with Gasteiger partial charge in [-0.3, -0.25) is 0 Å². The predicted octanol–water partition coefficient (Wildman–Crippen LogP) is 7.36. The van der Waals surface area contributed by atoms with Gasteiger partial charge in [-0.05, 0) is 51.2 Å². The Bertz CT molecular complexity index is 1090. The van der Waals surface area contributed by atoms with Gasteiger partial charge < -0.3 is 4.74 Å². The fourth-order valence-corrected chi connectivity index (χ4v) is 3.39. The van der Waals surface area contributed by atoms with Crippen LogP contribution in [0.4, 0.5) is 13.2 Å². The van der Waals surface area contributed by atoms with E-state index in [0.717, 1.165) is 27.5 Å². The van der Waals surface area contributed by atoms with Crippen molar-refractivity contribution in [2.75, 3.05) is 0 Å². The zero-order valence-corrected chi connectivity index (χ0v) is 15.6. The van der Waals surface area contributed by atoms with Crippen LogP contribution in [0.3, 0.4) is 0 Å². The van der Waals surface area contributed by atoms with Gasteiger partial charge in [-0.2, -0.15) is 8.78 Å². The molecule has 0 aliphatic carbocycles. The van der Waals surface area contributed by atoms with E-state index in [-0.39, 0.29) is 5.75 Å². The minimum absolute atomic E-state index is 0.121. The summed E-state index contributed by atoms with van der Waals surface area (Å²) in [6, 6.07) is 27.7. The van der Waals surface area contributed by atoms with E-state index in [1.165, 1.54) is 12.1 Å². The summed E-state index contributed by atoms with van der Waals surface area (Å²) in [7, 11) is 0. The zero-order valence-electron chi connectivity index (χ0n) is 15.6. The number of fused-ring (bicyclic) bond motifs is 1. The van der Waals surface area contributed by atoms with Gasteiger partial charge >= 0.3 is 6.61 Å². The molecule has 4 heteroatoms. The summed E-state index contributed by atoms with van der Waals surface area (Å²) in [5.41, 5.74) is 3.37. The molecule has 0 fully saturated rings. The van der Waals surface area contributed by atoms with Gasteiger partial charge in [0, 0.05) is 6.42 Å². The third-order valence-corrected chi connectivity index (χ3v) is 4.92. The van der Waals surface area contributed by atoms with Crippen LogP contribution in [0.25, 0.3) is 21.9 Å². The lowest BCUT2D eigenvalue weighted by molar-refractivity contribution is -0.0498. The van der Waals surface area contributed by atoms with E-state index < -0.39 is 12.8 Å². The highest BCUT2D eigenvalue weighted by Gasteiger charge is 2.12. The SMILES string of the molecule is FC(F)Oc1ccc(-c2ccc(CC(F)c3ccc4ccccc4c3)cc2)cc1. The van der Waals surface area contributed by atoms with Crippen molar-refractivity contribution in [3.8, 4) is 16.9 Å². The van der Waals surface area contributed by atoms with Crippen LogP contribution in [-0.4, -0.2) is 6.61 Å². The largest absolute Gasteiger partial charge is 0.435 e. The van der Waals surface area contributed by atoms with Gasteiger partial charge in [0.05, 0.1) is 0 Å². The van der Waals surface area contributed by atoms with Crippen LogP contribution in [0.1, 0.15) is 17.3 Å². The second kappa shape index (κ2) is 8.39. The number of ether oxygens (including phenoxy) is 1. The van der Waals surface area contributed by atoms with Gasteiger partial charge in [0.25, 0.3) is 0 Å². The molecule has 1 unspecified atom stereocenters. The van der Waals surface area contributed by atoms with E-state index in [9.17, 15) is 13.2 Å². The molecule has 0 saturated carbocycles. The van der Waals surface area contributed by atoms with E-state index in [1.807, 2.05) is 66.7 Å². The van der Waals surface area contributed by atoms with Crippen molar-refractivity contribution in [2.24, 2.45) is 0 Å². The molecule has 1 atom stereocenters. The molecular weight excluding hydrogens is 373 g/mol. The van der Waals surface area contributed by atoms with Crippen molar-refractivity contribution < 1.29 is 17.9 Å². The fraction of sp³-hybridized carbons (Fsp3) is 0.120. The summed E-state index contributed by atoms with van der Waals surface area (Å²) in [4.78, 5) is 0. The van der Waals surface area contributed by atoms with E-state index in [0.29, 0.717) is 12.0 Å². The highest BCUT2D eigenvalue weighted by molar-refractivity contribution is 5.83. The summed E-state index contributed by atoms with van der Waals surface area (Å²) in [5, 5.41) is 2.13. The molecule has 4 rings (SSSR count). The molecule has 4 aromatic rings. The molecule has 0 bridgehead atoms. The van der Waals surface area contributed by atoms with Gasteiger partial charge in [0.2, 0.25) is 0 Å². The van der Waals surface area contributed by atoms with Crippen molar-refractivity contribution in [1.82, 2.24) is 0 Å². The normalized spacial score (nSPS) is 12.3. The van der Waals surface area contributed by atoms with E-state index >= 15 is 0 Å². The minimum atomic E-state index is -2.84. The first-order valence-electron chi connectivity index (χ1n) is 9.35. The number of alkyl halides is 3. The van der Waals surface area contributed by atoms with Crippen LogP contribution >= 0.6 is 0 Å². The summed E-state index contributed by atoms with van der Waals surface area (Å²) in [6.07, 6.45) is -0.795. The van der Waals surface area contributed by atoms with Crippen LogP contribution in [0.5, 0.6) is 5.75 Å². The highest BCUT2D eigenvalue weighted by atomic mass is 19.3. The molecule has 0 spiro atoms. The third kappa shape index (κ3) is 4.60. The Hall–Kier alpha value is -3.27. The van der Waals surface area contributed by atoms with Gasteiger partial charge in [-0.15, -0.1) is 0 Å². The number of benzene rings is 4. The summed E-state index contributed by atoms with van der Waals surface area (Å²) >= 11 is 0. The summed E-state index contributed by atoms with van der Waals surface area (Å²) in [5.74, 6) is 0.121. The monoisotopic (exact) mass is 392 g/mol. The fourth-order valence-electron chi connectivity index (χ4n) is 3.39. The van der Waals surface area contributed by atoms with E-state index in [4.69, 9.17) is 0 Å². The Morgan fingerprint density at radius 1 is 0.655 bits per heavy atom. The maximum absolute atomic E-state index is 14.8. The Labute approximate surface area is 167 Å². The quantitative estimate of drug-likeness (QED) is 0.333. The van der Waals surface area contributed by atoms with Crippen LogP contribution < -0.4 is 4.74 Å². The van der Waals surface area contributed by atoms with Crippen LogP contribution in [-0.2, 0) is 6.42 Å². The second-order valence-corrected chi connectivity index (χ2v) is 6.88. The predicted molar refractivity (Wildman–Crippen MR) is 110 cm³/mol. The average Bonchev–Trinajstić information content (AvgIpc) is 2.74. The third-order valence-electron chi connectivity index (χ3n) is 4.92. The molecule has 0 aliphatic rings. The van der Waals surface area contributed by atoms with Crippen molar-refractivity contribution in [2.45, 2.75) is 19.2 Å². The van der Waals surface area contributed by atoms with Crippen molar-refractivity contribution in [3.63, 3.8) is 0 Å².